The van der Waals surface area contributed by atoms with Crippen LogP contribution >= 0.6 is 0 Å². The maximum absolute atomic E-state index is 12.2. The van der Waals surface area contributed by atoms with Gasteiger partial charge in [-0.15, -0.1) is 0 Å². The molecule has 0 aliphatic rings. The van der Waals surface area contributed by atoms with E-state index in [2.05, 4.69) is 39.4 Å². The highest BCUT2D eigenvalue weighted by Crippen LogP contribution is 2.18. The first-order valence-electron chi connectivity index (χ1n) is 9.04. The molecular weight excluding hydrogens is 338 g/mol. The average molecular weight is 363 g/mol. The molecule has 0 saturated carbocycles. The molecule has 2 heterocycles. The second-order valence-corrected chi connectivity index (χ2v) is 6.85. The predicted molar refractivity (Wildman–Crippen MR) is 107 cm³/mol. The van der Waals surface area contributed by atoms with Crippen LogP contribution in [-0.2, 0) is 0 Å². The van der Waals surface area contributed by atoms with Gasteiger partial charge in [0.05, 0.1) is 23.1 Å². The molecule has 1 N–H and O–H groups in total. The quantitative estimate of drug-likeness (QED) is 0.656. The van der Waals surface area contributed by atoms with Crippen LogP contribution in [0.25, 0.3) is 16.9 Å². The molecule has 0 atom stereocenters. The Morgan fingerprint density at radius 2 is 1.89 bits per heavy atom. The van der Waals surface area contributed by atoms with Crippen LogP contribution in [0.2, 0.25) is 0 Å². The standard InChI is InChI=1S/C21H25N5O/c1-16-5-8-19(9-6-16)26-15-18(14-24-26)20-10-7-17(13-23-20)21(27)22-11-4-12-25(2)3/h5-10,13-15H,4,11-12H2,1-3H3,(H,22,27). The van der Waals surface area contributed by atoms with E-state index in [1.54, 1.807) is 18.5 Å². The van der Waals surface area contributed by atoms with Gasteiger partial charge in [0.15, 0.2) is 0 Å². The molecule has 0 unspecified atom stereocenters. The summed E-state index contributed by atoms with van der Waals surface area (Å²) in [6, 6.07) is 11.8. The SMILES string of the molecule is Cc1ccc(-n2cc(-c3ccc(C(=O)NCCCN(C)C)cn3)cn2)cc1. The van der Waals surface area contributed by atoms with E-state index in [-0.39, 0.29) is 5.91 Å². The van der Waals surface area contributed by atoms with Crippen LogP contribution in [0.15, 0.2) is 55.0 Å². The molecule has 0 aliphatic heterocycles. The van der Waals surface area contributed by atoms with Gasteiger partial charge >= 0.3 is 0 Å². The van der Waals surface area contributed by atoms with Crippen molar-refractivity contribution in [2.45, 2.75) is 13.3 Å². The van der Waals surface area contributed by atoms with Gasteiger partial charge in [-0.05, 0) is 58.3 Å². The predicted octanol–water partition coefficient (Wildman–Crippen LogP) is 2.92. The zero-order valence-corrected chi connectivity index (χ0v) is 16.0. The van der Waals surface area contributed by atoms with Crippen molar-refractivity contribution in [3.63, 3.8) is 0 Å². The highest BCUT2D eigenvalue weighted by Gasteiger charge is 2.08. The van der Waals surface area contributed by atoms with Crippen molar-refractivity contribution in [2.24, 2.45) is 0 Å². The molecule has 0 fully saturated rings. The van der Waals surface area contributed by atoms with Crippen LogP contribution in [-0.4, -0.2) is 52.8 Å². The number of amides is 1. The molecule has 0 radical (unpaired) electrons. The molecule has 3 aromatic rings. The van der Waals surface area contributed by atoms with Gasteiger partial charge in [-0.25, -0.2) is 4.68 Å². The summed E-state index contributed by atoms with van der Waals surface area (Å²) < 4.78 is 1.82. The summed E-state index contributed by atoms with van der Waals surface area (Å²) in [5, 5.41) is 7.33. The van der Waals surface area contributed by atoms with Gasteiger partial charge in [0.25, 0.3) is 5.91 Å². The van der Waals surface area contributed by atoms with Crippen molar-refractivity contribution in [2.75, 3.05) is 27.2 Å². The third-order valence-corrected chi connectivity index (χ3v) is 4.27. The monoisotopic (exact) mass is 363 g/mol. The van der Waals surface area contributed by atoms with Crippen LogP contribution in [0.1, 0.15) is 22.3 Å². The van der Waals surface area contributed by atoms with Crippen molar-refractivity contribution in [1.29, 1.82) is 0 Å². The summed E-state index contributed by atoms with van der Waals surface area (Å²) >= 11 is 0. The summed E-state index contributed by atoms with van der Waals surface area (Å²) in [5.74, 6) is -0.0943. The van der Waals surface area contributed by atoms with Gasteiger partial charge in [0, 0.05) is 24.5 Å². The van der Waals surface area contributed by atoms with Crippen molar-refractivity contribution in [3.8, 4) is 16.9 Å². The Morgan fingerprint density at radius 3 is 2.56 bits per heavy atom. The number of benzene rings is 1. The van der Waals surface area contributed by atoms with Gasteiger partial charge in [0.2, 0.25) is 0 Å². The summed E-state index contributed by atoms with van der Waals surface area (Å²) in [7, 11) is 4.04. The number of aromatic nitrogens is 3. The number of aryl methyl sites for hydroxylation is 1. The van der Waals surface area contributed by atoms with E-state index < -0.39 is 0 Å². The molecule has 27 heavy (non-hydrogen) atoms. The normalized spacial score (nSPS) is 11.0. The minimum Gasteiger partial charge on any atom is -0.352 e. The average Bonchev–Trinajstić information content (AvgIpc) is 3.16. The number of carbonyl (C=O) groups excluding carboxylic acids is 1. The fourth-order valence-corrected chi connectivity index (χ4v) is 2.69. The van der Waals surface area contributed by atoms with E-state index in [1.165, 1.54) is 5.56 Å². The van der Waals surface area contributed by atoms with Crippen LogP contribution in [0.4, 0.5) is 0 Å². The maximum Gasteiger partial charge on any atom is 0.252 e. The fraction of sp³-hybridized carbons (Fsp3) is 0.286. The minimum atomic E-state index is -0.0943. The lowest BCUT2D eigenvalue weighted by Gasteiger charge is -2.09. The van der Waals surface area contributed by atoms with E-state index >= 15 is 0 Å². The lowest BCUT2D eigenvalue weighted by atomic mass is 10.2. The first-order valence-corrected chi connectivity index (χ1v) is 9.04. The zero-order valence-electron chi connectivity index (χ0n) is 16.0. The summed E-state index contributed by atoms with van der Waals surface area (Å²) in [6.45, 7) is 3.66. The third-order valence-electron chi connectivity index (χ3n) is 4.27. The third kappa shape index (κ3) is 5.01. The Balaban J connectivity index is 1.63. The van der Waals surface area contributed by atoms with E-state index in [4.69, 9.17) is 0 Å². The molecule has 1 aromatic carbocycles. The number of hydrogen-bond donors (Lipinski definition) is 1. The van der Waals surface area contributed by atoms with Gasteiger partial charge in [-0.3, -0.25) is 9.78 Å². The van der Waals surface area contributed by atoms with Crippen molar-refractivity contribution in [3.05, 3.63) is 66.1 Å². The Kier molecular flexibility index (Phi) is 5.98. The molecule has 140 valence electrons. The molecule has 3 rings (SSSR count). The number of hydrogen-bond acceptors (Lipinski definition) is 4. The summed E-state index contributed by atoms with van der Waals surface area (Å²) in [6.07, 6.45) is 6.25. The van der Waals surface area contributed by atoms with Crippen molar-refractivity contribution < 1.29 is 4.79 Å². The van der Waals surface area contributed by atoms with Gasteiger partial charge < -0.3 is 10.2 Å². The Hall–Kier alpha value is -2.99. The highest BCUT2D eigenvalue weighted by atomic mass is 16.1. The molecular formula is C21H25N5O. The fourth-order valence-electron chi connectivity index (χ4n) is 2.69. The number of carbonyl (C=O) groups is 1. The second kappa shape index (κ2) is 8.60. The Bertz CT molecular complexity index is 882. The Morgan fingerprint density at radius 1 is 1.11 bits per heavy atom. The van der Waals surface area contributed by atoms with Gasteiger partial charge in [-0.1, -0.05) is 17.7 Å². The molecule has 6 nitrogen and oxygen atoms in total. The van der Waals surface area contributed by atoms with E-state index in [0.29, 0.717) is 12.1 Å². The van der Waals surface area contributed by atoms with Crippen LogP contribution in [0.3, 0.4) is 0 Å². The van der Waals surface area contributed by atoms with Crippen molar-refractivity contribution in [1.82, 2.24) is 25.0 Å². The molecule has 0 saturated heterocycles. The maximum atomic E-state index is 12.2. The summed E-state index contributed by atoms with van der Waals surface area (Å²) in [5.41, 5.74) is 4.48. The first-order chi connectivity index (χ1) is 13.0. The number of pyridine rings is 1. The smallest absolute Gasteiger partial charge is 0.252 e. The zero-order chi connectivity index (χ0) is 19.2. The van der Waals surface area contributed by atoms with Gasteiger partial charge in [0.1, 0.15) is 0 Å². The molecule has 1 amide bonds. The summed E-state index contributed by atoms with van der Waals surface area (Å²) in [4.78, 5) is 18.7. The van der Waals surface area contributed by atoms with Crippen LogP contribution < -0.4 is 5.32 Å². The lowest BCUT2D eigenvalue weighted by Crippen LogP contribution is -2.27. The van der Waals surface area contributed by atoms with Crippen LogP contribution in [0.5, 0.6) is 0 Å². The molecule has 0 spiro atoms. The number of nitrogens with zero attached hydrogens (tertiary/aromatic N) is 4. The lowest BCUT2D eigenvalue weighted by molar-refractivity contribution is 0.0952. The molecule has 0 aliphatic carbocycles. The number of nitrogens with one attached hydrogen (secondary N) is 1. The van der Waals surface area contributed by atoms with Crippen LogP contribution in [0, 0.1) is 6.92 Å². The largest absolute Gasteiger partial charge is 0.352 e. The molecule has 2 aromatic heterocycles. The molecule has 6 heteroatoms. The van der Waals surface area contributed by atoms with E-state index in [0.717, 1.165) is 29.9 Å². The van der Waals surface area contributed by atoms with Crippen molar-refractivity contribution >= 4 is 5.91 Å². The van der Waals surface area contributed by atoms with E-state index in [9.17, 15) is 4.79 Å². The molecule has 0 bridgehead atoms. The first kappa shape index (κ1) is 18.8. The minimum absolute atomic E-state index is 0.0943. The Labute approximate surface area is 159 Å². The van der Waals surface area contributed by atoms with E-state index in [1.807, 2.05) is 43.2 Å². The highest BCUT2D eigenvalue weighted by molar-refractivity contribution is 5.94. The number of rotatable bonds is 7. The van der Waals surface area contributed by atoms with Gasteiger partial charge in [-0.2, -0.15) is 5.10 Å². The topological polar surface area (TPSA) is 63.1 Å². The second-order valence-electron chi connectivity index (χ2n) is 6.85.